The van der Waals surface area contributed by atoms with Gasteiger partial charge in [-0.1, -0.05) is 12.1 Å². The van der Waals surface area contributed by atoms with Crippen LogP contribution < -0.4 is 0 Å². The summed E-state index contributed by atoms with van der Waals surface area (Å²) in [6.07, 6.45) is 0. The van der Waals surface area contributed by atoms with Gasteiger partial charge in [-0.3, -0.25) is 24.1 Å². The molecule has 4 rings (SSSR count). The van der Waals surface area contributed by atoms with Gasteiger partial charge >= 0.3 is 0 Å². The average molecular weight is 446 g/mol. The van der Waals surface area contributed by atoms with Gasteiger partial charge in [-0.2, -0.15) is 0 Å². The van der Waals surface area contributed by atoms with Gasteiger partial charge in [0, 0.05) is 26.2 Å². The van der Waals surface area contributed by atoms with Crippen molar-refractivity contribution in [3.05, 3.63) is 58.0 Å². The maximum absolute atomic E-state index is 12.6. The van der Waals surface area contributed by atoms with Crippen molar-refractivity contribution in [3.8, 4) is 0 Å². The lowest BCUT2D eigenvalue weighted by Crippen LogP contribution is -2.53. The van der Waals surface area contributed by atoms with Crippen LogP contribution in [0.15, 0.2) is 45.5 Å². The fourth-order valence-electron chi connectivity index (χ4n) is 3.36. The van der Waals surface area contributed by atoms with Crippen LogP contribution in [0.3, 0.4) is 0 Å². The second kappa shape index (κ2) is 7.23. The van der Waals surface area contributed by atoms with E-state index in [0.717, 1.165) is 4.90 Å². The summed E-state index contributed by atoms with van der Waals surface area (Å²) in [6, 6.07) is 9.77. The minimum atomic E-state index is -0.453. The van der Waals surface area contributed by atoms with E-state index in [-0.39, 0.29) is 24.1 Å². The Balaban J connectivity index is 1.35. The van der Waals surface area contributed by atoms with E-state index in [1.165, 1.54) is 0 Å². The number of rotatable bonds is 3. The molecule has 144 valence electrons. The molecule has 3 heterocycles. The molecule has 0 unspecified atom stereocenters. The average Bonchev–Trinajstić information content (AvgIpc) is 3.25. The molecular formula is C19H16BrN3O5. The number of benzene rings is 1. The molecule has 1 saturated heterocycles. The summed E-state index contributed by atoms with van der Waals surface area (Å²) >= 11 is 3.17. The first-order chi connectivity index (χ1) is 13.5. The lowest BCUT2D eigenvalue weighted by Gasteiger charge is -2.34. The summed E-state index contributed by atoms with van der Waals surface area (Å²) in [5.41, 5.74) is 0.639. The Morgan fingerprint density at radius 1 is 0.893 bits per heavy atom. The quantitative estimate of drug-likeness (QED) is 0.669. The zero-order valence-corrected chi connectivity index (χ0v) is 16.3. The molecule has 8 nitrogen and oxygen atoms in total. The molecule has 28 heavy (non-hydrogen) atoms. The summed E-state index contributed by atoms with van der Waals surface area (Å²) in [5.74, 6) is -1.23. The summed E-state index contributed by atoms with van der Waals surface area (Å²) in [4.78, 5) is 53.9. The minimum Gasteiger partial charge on any atom is -0.444 e. The largest absolute Gasteiger partial charge is 0.444 e. The minimum absolute atomic E-state index is 0.234. The third kappa shape index (κ3) is 3.22. The molecule has 1 fully saturated rings. The Bertz CT molecular complexity index is 942. The maximum Gasteiger partial charge on any atom is 0.289 e. The Labute approximate surface area is 168 Å². The molecule has 0 radical (unpaired) electrons. The number of hydrogen-bond acceptors (Lipinski definition) is 5. The number of hydrogen-bond donors (Lipinski definition) is 0. The fourth-order valence-corrected chi connectivity index (χ4v) is 3.67. The molecule has 0 bridgehead atoms. The second-order valence-corrected chi connectivity index (χ2v) is 7.30. The molecule has 4 amide bonds. The van der Waals surface area contributed by atoms with Crippen LogP contribution in [0.4, 0.5) is 0 Å². The van der Waals surface area contributed by atoms with Crippen LogP contribution in [0.5, 0.6) is 0 Å². The SMILES string of the molecule is O=C(CN1C(=O)c2ccccc2C1=O)N1CCN(C(=O)c2ccc(Br)o2)CC1. The first-order valence-electron chi connectivity index (χ1n) is 8.73. The molecule has 0 spiro atoms. The predicted molar refractivity (Wildman–Crippen MR) is 101 cm³/mol. The van der Waals surface area contributed by atoms with Gasteiger partial charge in [-0.05, 0) is 40.2 Å². The Morgan fingerprint density at radius 3 is 2.00 bits per heavy atom. The zero-order chi connectivity index (χ0) is 19.8. The standard InChI is InChI=1S/C19H16BrN3O5/c20-15-6-5-14(28-15)19(27)22-9-7-21(8-10-22)16(24)11-23-17(25)12-3-1-2-4-13(12)18(23)26/h1-6H,7-11H2. The summed E-state index contributed by atoms with van der Waals surface area (Å²) in [6.45, 7) is 1.06. The number of nitrogens with zero attached hydrogens (tertiary/aromatic N) is 3. The summed E-state index contributed by atoms with van der Waals surface area (Å²) in [5, 5.41) is 0. The van der Waals surface area contributed by atoms with Gasteiger partial charge in [0.1, 0.15) is 6.54 Å². The highest BCUT2D eigenvalue weighted by atomic mass is 79.9. The second-order valence-electron chi connectivity index (χ2n) is 6.52. The molecule has 0 saturated carbocycles. The normalized spacial score (nSPS) is 16.5. The highest BCUT2D eigenvalue weighted by Gasteiger charge is 2.37. The number of furan rings is 1. The third-order valence-electron chi connectivity index (χ3n) is 4.88. The van der Waals surface area contributed by atoms with Gasteiger partial charge in [0.05, 0.1) is 11.1 Å². The van der Waals surface area contributed by atoms with Gasteiger partial charge in [-0.15, -0.1) is 0 Å². The van der Waals surface area contributed by atoms with Crippen molar-refractivity contribution < 1.29 is 23.6 Å². The van der Waals surface area contributed by atoms with Crippen molar-refractivity contribution in [3.63, 3.8) is 0 Å². The van der Waals surface area contributed by atoms with Crippen LogP contribution in [0.25, 0.3) is 0 Å². The highest BCUT2D eigenvalue weighted by Crippen LogP contribution is 2.22. The van der Waals surface area contributed by atoms with E-state index >= 15 is 0 Å². The predicted octanol–water partition coefficient (Wildman–Crippen LogP) is 1.62. The first kappa shape index (κ1) is 18.4. The van der Waals surface area contributed by atoms with Gasteiger partial charge in [0.2, 0.25) is 5.91 Å². The van der Waals surface area contributed by atoms with Crippen molar-refractivity contribution in [2.75, 3.05) is 32.7 Å². The van der Waals surface area contributed by atoms with Crippen LogP contribution >= 0.6 is 15.9 Å². The summed E-state index contributed by atoms with van der Waals surface area (Å²) in [7, 11) is 0. The smallest absolute Gasteiger partial charge is 0.289 e. The van der Waals surface area contributed by atoms with E-state index in [1.807, 2.05) is 0 Å². The van der Waals surface area contributed by atoms with Crippen LogP contribution in [0.2, 0.25) is 0 Å². The molecular weight excluding hydrogens is 430 g/mol. The maximum atomic E-state index is 12.6. The Kier molecular flexibility index (Phi) is 4.76. The number of piperazine rings is 1. The van der Waals surface area contributed by atoms with Crippen molar-refractivity contribution in [2.45, 2.75) is 0 Å². The van der Waals surface area contributed by atoms with E-state index in [0.29, 0.717) is 42.0 Å². The van der Waals surface area contributed by atoms with Gasteiger partial charge in [-0.25, -0.2) is 0 Å². The van der Waals surface area contributed by atoms with Gasteiger partial charge in [0.15, 0.2) is 10.4 Å². The zero-order valence-electron chi connectivity index (χ0n) is 14.8. The van der Waals surface area contributed by atoms with Crippen LogP contribution in [-0.2, 0) is 4.79 Å². The van der Waals surface area contributed by atoms with Crippen LogP contribution in [0.1, 0.15) is 31.3 Å². The third-order valence-corrected chi connectivity index (χ3v) is 5.30. The van der Waals surface area contributed by atoms with E-state index < -0.39 is 11.8 Å². The van der Waals surface area contributed by atoms with E-state index in [2.05, 4.69) is 15.9 Å². The number of carbonyl (C=O) groups is 4. The van der Waals surface area contributed by atoms with Crippen molar-refractivity contribution in [2.24, 2.45) is 0 Å². The first-order valence-corrected chi connectivity index (χ1v) is 9.52. The van der Waals surface area contributed by atoms with Crippen molar-refractivity contribution in [1.29, 1.82) is 0 Å². The molecule has 0 N–H and O–H groups in total. The molecule has 2 aromatic rings. The molecule has 0 aliphatic carbocycles. The number of carbonyl (C=O) groups excluding carboxylic acids is 4. The van der Waals surface area contributed by atoms with Crippen LogP contribution in [0, 0.1) is 0 Å². The summed E-state index contributed by atoms with van der Waals surface area (Å²) < 4.78 is 5.76. The molecule has 2 aliphatic heterocycles. The van der Waals surface area contributed by atoms with Crippen molar-refractivity contribution >= 4 is 39.6 Å². The van der Waals surface area contributed by atoms with Crippen molar-refractivity contribution in [1.82, 2.24) is 14.7 Å². The van der Waals surface area contributed by atoms with E-state index in [9.17, 15) is 19.2 Å². The van der Waals surface area contributed by atoms with Crippen LogP contribution in [-0.4, -0.2) is 71.1 Å². The lowest BCUT2D eigenvalue weighted by atomic mass is 10.1. The molecule has 0 atom stereocenters. The highest BCUT2D eigenvalue weighted by molar-refractivity contribution is 9.10. The monoisotopic (exact) mass is 445 g/mol. The molecule has 1 aromatic carbocycles. The number of imide groups is 1. The fraction of sp³-hybridized carbons (Fsp3) is 0.263. The topological polar surface area (TPSA) is 91.1 Å². The van der Waals surface area contributed by atoms with Gasteiger partial charge in [0.25, 0.3) is 17.7 Å². The van der Waals surface area contributed by atoms with E-state index in [4.69, 9.17) is 4.42 Å². The van der Waals surface area contributed by atoms with E-state index in [1.54, 1.807) is 46.2 Å². The number of amides is 4. The molecule has 9 heteroatoms. The molecule has 2 aliphatic rings. The number of fused-ring (bicyclic) bond motifs is 1. The Hall–Kier alpha value is -2.94. The lowest BCUT2D eigenvalue weighted by molar-refractivity contribution is -0.132. The number of halogens is 1. The molecule has 1 aromatic heterocycles. The van der Waals surface area contributed by atoms with Gasteiger partial charge < -0.3 is 14.2 Å². The Morgan fingerprint density at radius 2 is 1.46 bits per heavy atom.